The molecule has 0 amide bonds. The van der Waals surface area contributed by atoms with Crippen LogP contribution in [-0.4, -0.2) is 5.97 Å². The Bertz CT molecular complexity index is 598. The highest BCUT2D eigenvalue weighted by Gasteiger charge is 2.07. The summed E-state index contributed by atoms with van der Waals surface area (Å²) < 4.78 is 5.21. The Morgan fingerprint density at radius 2 is 1.60 bits per heavy atom. The zero-order valence-electron chi connectivity index (χ0n) is 11.2. The summed E-state index contributed by atoms with van der Waals surface area (Å²) in [4.78, 5) is 11.8. The van der Waals surface area contributed by atoms with Crippen LogP contribution in [0, 0.1) is 0 Å². The number of hydrogen-bond acceptors (Lipinski definition) is 2. The Balaban J connectivity index is 1.86. The molecule has 0 atom stereocenters. The highest BCUT2D eigenvalue weighted by Crippen LogP contribution is 2.12. The van der Waals surface area contributed by atoms with Crippen LogP contribution in [0.15, 0.2) is 78.9 Å². The van der Waals surface area contributed by atoms with E-state index in [1.165, 1.54) is 0 Å². The molecule has 0 heterocycles. The van der Waals surface area contributed by atoms with Crippen molar-refractivity contribution in [1.29, 1.82) is 0 Å². The monoisotopic (exact) mass is 264 g/mol. The van der Waals surface area contributed by atoms with Crippen LogP contribution in [0.5, 0.6) is 5.75 Å². The van der Waals surface area contributed by atoms with Gasteiger partial charge in [0.2, 0.25) is 0 Å². The highest BCUT2D eigenvalue weighted by atomic mass is 16.5. The van der Waals surface area contributed by atoms with Crippen molar-refractivity contribution in [3.05, 3.63) is 84.5 Å². The van der Waals surface area contributed by atoms with Gasteiger partial charge in [-0.25, -0.2) is 4.79 Å². The minimum Gasteiger partial charge on any atom is -0.423 e. The molecule has 0 aliphatic carbocycles. The van der Waals surface area contributed by atoms with Crippen molar-refractivity contribution in [3.63, 3.8) is 0 Å². The lowest BCUT2D eigenvalue weighted by Gasteiger charge is -2.04. The molecule has 0 aliphatic heterocycles. The number of esters is 1. The summed E-state index contributed by atoms with van der Waals surface area (Å²) in [5.74, 6) is 0.139. The number of ether oxygens (including phenoxy) is 1. The van der Waals surface area contributed by atoms with Gasteiger partial charge in [0.25, 0.3) is 0 Å². The number of benzene rings is 2. The SMILES string of the molecule is C=C(CC=Cc1ccccc1)C(=O)Oc1ccccc1. The average Bonchev–Trinajstić information content (AvgIpc) is 2.49. The largest absolute Gasteiger partial charge is 0.423 e. The minimum absolute atomic E-state index is 0.395. The fourth-order valence-corrected chi connectivity index (χ4v) is 1.65. The van der Waals surface area contributed by atoms with Crippen LogP contribution in [0.3, 0.4) is 0 Å². The molecule has 20 heavy (non-hydrogen) atoms. The molecule has 0 aromatic heterocycles. The van der Waals surface area contributed by atoms with E-state index >= 15 is 0 Å². The Morgan fingerprint density at radius 1 is 1.00 bits per heavy atom. The van der Waals surface area contributed by atoms with Crippen molar-refractivity contribution in [1.82, 2.24) is 0 Å². The topological polar surface area (TPSA) is 26.3 Å². The first kappa shape index (κ1) is 13.8. The van der Waals surface area contributed by atoms with E-state index < -0.39 is 5.97 Å². The summed E-state index contributed by atoms with van der Waals surface area (Å²) in [5, 5.41) is 0. The zero-order chi connectivity index (χ0) is 14.2. The van der Waals surface area contributed by atoms with Crippen molar-refractivity contribution in [2.24, 2.45) is 0 Å². The first-order valence-electron chi connectivity index (χ1n) is 6.42. The van der Waals surface area contributed by atoms with E-state index in [-0.39, 0.29) is 0 Å². The molecule has 0 N–H and O–H groups in total. The van der Waals surface area contributed by atoms with Gasteiger partial charge in [-0.05, 0) is 24.1 Å². The van der Waals surface area contributed by atoms with Gasteiger partial charge in [0.15, 0.2) is 0 Å². The van der Waals surface area contributed by atoms with Gasteiger partial charge >= 0.3 is 5.97 Å². The summed E-state index contributed by atoms with van der Waals surface area (Å²) in [6.45, 7) is 3.76. The first-order valence-corrected chi connectivity index (χ1v) is 6.42. The molecule has 2 rings (SSSR count). The molecule has 0 saturated carbocycles. The molecular weight excluding hydrogens is 248 g/mol. The average molecular weight is 264 g/mol. The van der Waals surface area contributed by atoms with E-state index in [2.05, 4.69) is 6.58 Å². The summed E-state index contributed by atoms with van der Waals surface area (Å²) in [6, 6.07) is 18.9. The van der Waals surface area contributed by atoms with E-state index in [1.54, 1.807) is 12.1 Å². The van der Waals surface area contributed by atoms with Gasteiger partial charge in [-0.15, -0.1) is 0 Å². The fraction of sp³-hybridized carbons (Fsp3) is 0.0556. The van der Waals surface area contributed by atoms with Crippen LogP contribution >= 0.6 is 0 Å². The first-order chi connectivity index (χ1) is 9.75. The molecule has 0 bridgehead atoms. The van der Waals surface area contributed by atoms with Crippen molar-refractivity contribution >= 4 is 12.0 Å². The van der Waals surface area contributed by atoms with Crippen LogP contribution < -0.4 is 4.74 Å². The molecule has 0 fully saturated rings. The van der Waals surface area contributed by atoms with Crippen LogP contribution in [-0.2, 0) is 4.79 Å². The number of rotatable bonds is 5. The van der Waals surface area contributed by atoms with Crippen LogP contribution in [0.1, 0.15) is 12.0 Å². The maximum absolute atomic E-state index is 11.8. The molecule has 100 valence electrons. The molecule has 2 aromatic carbocycles. The predicted molar refractivity (Wildman–Crippen MR) is 81.3 cm³/mol. The lowest BCUT2D eigenvalue weighted by Crippen LogP contribution is -2.09. The molecule has 2 nitrogen and oxygen atoms in total. The summed E-state index contributed by atoms with van der Waals surface area (Å²) in [5.41, 5.74) is 1.53. The molecule has 2 aromatic rings. The lowest BCUT2D eigenvalue weighted by atomic mass is 10.1. The second-order valence-electron chi connectivity index (χ2n) is 4.32. The number of hydrogen-bond donors (Lipinski definition) is 0. The van der Waals surface area contributed by atoms with Crippen LogP contribution in [0.4, 0.5) is 0 Å². The van der Waals surface area contributed by atoms with E-state index in [0.717, 1.165) is 5.56 Å². The zero-order valence-corrected chi connectivity index (χ0v) is 11.2. The molecule has 0 saturated heterocycles. The summed E-state index contributed by atoms with van der Waals surface area (Å²) >= 11 is 0. The summed E-state index contributed by atoms with van der Waals surface area (Å²) in [7, 11) is 0. The summed E-state index contributed by atoms with van der Waals surface area (Å²) in [6.07, 6.45) is 4.34. The Morgan fingerprint density at radius 3 is 2.25 bits per heavy atom. The second kappa shape index (κ2) is 7.10. The van der Waals surface area contributed by atoms with E-state index in [4.69, 9.17) is 4.74 Å². The van der Waals surface area contributed by atoms with Gasteiger partial charge in [-0.2, -0.15) is 0 Å². The molecule has 2 heteroatoms. The van der Waals surface area contributed by atoms with E-state index in [9.17, 15) is 4.79 Å². The Labute approximate surface area is 119 Å². The third kappa shape index (κ3) is 4.25. The lowest BCUT2D eigenvalue weighted by molar-refractivity contribution is -0.130. The van der Waals surface area contributed by atoms with Crippen molar-refractivity contribution in [3.8, 4) is 5.75 Å². The Hall–Kier alpha value is -2.61. The van der Waals surface area contributed by atoms with Gasteiger partial charge in [0.1, 0.15) is 5.75 Å². The molecular formula is C18H16O2. The fourth-order valence-electron chi connectivity index (χ4n) is 1.65. The third-order valence-corrected chi connectivity index (χ3v) is 2.72. The molecule has 0 aliphatic rings. The van der Waals surface area contributed by atoms with E-state index in [0.29, 0.717) is 17.7 Å². The second-order valence-corrected chi connectivity index (χ2v) is 4.32. The van der Waals surface area contributed by atoms with Crippen molar-refractivity contribution in [2.45, 2.75) is 6.42 Å². The van der Waals surface area contributed by atoms with E-state index in [1.807, 2.05) is 60.7 Å². The van der Waals surface area contributed by atoms with Crippen LogP contribution in [0.2, 0.25) is 0 Å². The number of carbonyl (C=O) groups excluding carboxylic acids is 1. The number of para-hydroxylation sites is 1. The molecule has 0 radical (unpaired) electrons. The smallest absolute Gasteiger partial charge is 0.339 e. The maximum atomic E-state index is 11.8. The Kier molecular flexibility index (Phi) is 4.90. The third-order valence-electron chi connectivity index (χ3n) is 2.72. The minimum atomic E-state index is -0.395. The van der Waals surface area contributed by atoms with Gasteiger partial charge < -0.3 is 4.74 Å². The van der Waals surface area contributed by atoms with Gasteiger partial charge in [-0.1, -0.05) is 67.3 Å². The van der Waals surface area contributed by atoms with Gasteiger partial charge in [0, 0.05) is 5.57 Å². The maximum Gasteiger partial charge on any atom is 0.339 e. The quantitative estimate of drug-likeness (QED) is 0.458. The predicted octanol–water partition coefficient (Wildman–Crippen LogP) is 4.25. The van der Waals surface area contributed by atoms with Gasteiger partial charge in [-0.3, -0.25) is 0 Å². The number of carbonyl (C=O) groups is 1. The normalized spacial score (nSPS) is 10.4. The van der Waals surface area contributed by atoms with Crippen molar-refractivity contribution < 1.29 is 9.53 Å². The molecule has 0 unspecified atom stereocenters. The number of allylic oxidation sites excluding steroid dienone is 1. The molecule has 0 spiro atoms. The van der Waals surface area contributed by atoms with Crippen molar-refractivity contribution in [2.75, 3.05) is 0 Å². The highest BCUT2D eigenvalue weighted by molar-refractivity contribution is 5.89. The van der Waals surface area contributed by atoms with Crippen LogP contribution in [0.25, 0.3) is 6.08 Å². The van der Waals surface area contributed by atoms with Gasteiger partial charge in [0.05, 0.1) is 0 Å². The standard InChI is InChI=1S/C18H16O2/c1-15(9-8-12-16-10-4-2-5-11-16)18(19)20-17-13-6-3-7-14-17/h2-8,10-14H,1,9H2.